The average Bonchev–Trinajstić information content (AvgIpc) is 2.41. The van der Waals surface area contributed by atoms with Crippen molar-refractivity contribution in [3.8, 4) is 5.75 Å². The van der Waals surface area contributed by atoms with Gasteiger partial charge in [-0.1, -0.05) is 52.8 Å². The molecule has 0 atom stereocenters. The Bertz CT molecular complexity index is 478. The minimum Gasteiger partial charge on any atom is -0.493 e. The maximum Gasteiger partial charge on any atom is 0.317 e. The SMILES string of the molecule is CC(C)COc1ccccc1CNC(=O)N(C)CC(C)(C)C. The van der Waals surface area contributed by atoms with E-state index in [1.807, 2.05) is 31.3 Å². The van der Waals surface area contributed by atoms with E-state index in [0.29, 0.717) is 25.6 Å². The number of rotatable bonds is 6. The van der Waals surface area contributed by atoms with E-state index in [9.17, 15) is 4.79 Å². The molecule has 0 saturated heterocycles. The molecule has 0 aliphatic rings. The van der Waals surface area contributed by atoms with Gasteiger partial charge in [0.05, 0.1) is 6.61 Å². The number of para-hydroxylation sites is 1. The lowest BCUT2D eigenvalue weighted by molar-refractivity contribution is 0.187. The Morgan fingerprint density at radius 2 is 1.91 bits per heavy atom. The van der Waals surface area contributed by atoms with Gasteiger partial charge in [-0.2, -0.15) is 0 Å². The van der Waals surface area contributed by atoms with Crippen LogP contribution in [0.4, 0.5) is 4.79 Å². The highest BCUT2D eigenvalue weighted by Gasteiger charge is 2.17. The van der Waals surface area contributed by atoms with Gasteiger partial charge in [0.2, 0.25) is 0 Å². The van der Waals surface area contributed by atoms with Crippen molar-refractivity contribution in [2.45, 2.75) is 41.2 Å². The molecular weight excluding hydrogens is 276 g/mol. The Morgan fingerprint density at radius 3 is 2.50 bits per heavy atom. The van der Waals surface area contributed by atoms with Crippen molar-refractivity contribution in [2.75, 3.05) is 20.2 Å². The van der Waals surface area contributed by atoms with Crippen LogP contribution in [0, 0.1) is 11.3 Å². The summed E-state index contributed by atoms with van der Waals surface area (Å²) in [6.07, 6.45) is 0. The van der Waals surface area contributed by atoms with Crippen molar-refractivity contribution >= 4 is 6.03 Å². The van der Waals surface area contributed by atoms with Crippen LogP contribution >= 0.6 is 0 Å². The highest BCUT2D eigenvalue weighted by Crippen LogP contribution is 2.19. The van der Waals surface area contributed by atoms with Crippen molar-refractivity contribution in [3.63, 3.8) is 0 Å². The second-order valence-corrected chi connectivity index (χ2v) is 7.39. The van der Waals surface area contributed by atoms with E-state index in [4.69, 9.17) is 4.74 Å². The molecule has 2 amide bonds. The van der Waals surface area contributed by atoms with Gasteiger partial charge in [0.15, 0.2) is 0 Å². The Labute approximate surface area is 134 Å². The van der Waals surface area contributed by atoms with E-state index in [1.165, 1.54) is 0 Å². The van der Waals surface area contributed by atoms with Crippen molar-refractivity contribution in [1.29, 1.82) is 0 Å². The van der Waals surface area contributed by atoms with Crippen molar-refractivity contribution in [1.82, 2.24) is 10.2 Å². The molecule has 0 aliphatic carbocycles. The van der Waals surface area contributed by atoms with Gasteiger partial charge >= 0.3 is 6.03 Å². The Morgan fingerprint density at radius 1 is 1.27 bits per heavy atom. The predicted octanol–water partition coefficient (Wildman–Crippen LogP) is 3.91. The largest absolute Gasteiger partial charge is 0.493 e. The fourth-order valence-corrected chi connectivity index (χ4v) is 2.14. The molecule has 1 aromatic rings. The summed E-state index contributed by atoms with van der Waals surface area (Å²) < 4.78 is 5.81. The van der Waals surface area contributed by atoms with Crippen LogP contribution in [-0.2, 0) is 6.54 Å². The summed E-state index contributed by atoms with van der Waals surface area (Å²) in [5.41, 5.74) is 1.09. The molecule has 1 rings (SSSR count). The van der Waals surface area contributed by atoms with Crippen LogP contribution < -0.4 is 10.1 Å². The maximum atomic E-state index is 12.1. The zero-order valence-corrected chi connectivity index (χ0v) is 14.8. The first-order chi connectivity index (χ1) is 10.2. The number of carbonyl (C=O) groups excluding carboxylic acids is 1. The van der Waals surface area contributed by atoms with E-state index in [1.54, 1.807) is 4.90 Å². The Hall–Kier alpha value is -1.71. The molecule has 0 unspecified atom stereocenters. The molecule has 0 aliphatic heterocycles. The number of ether oxygens (including phenoxy) is 1. The molecule has 124 valence electrons. The summed E-state index contributed by atoms with van der Waals surface area (Å²) in [6, 6.07) is 7.78. The summed E-state index contributed by atoms with van der Waals surface area (Å²) in [7, 11) is 1.82. The molecule has 0 fully saturated rings. The number of nitrogens with zero attached hydrogens (tertiary/aromatic N) is 1. The number of urea groups is 1. The van der Waals surface area contributed by atoms with Gasteiger partial charge in [-0.3, -0.25) is 0 Å². The van der Waals surface area contributed by atoms with E-state index in [2.05, 4.69) is 39.9 Å². The molecule has 4 heteroatoms. The van der Waals surface area contributed by atoms with Gasteiger partial charge in [0.1, 0.15) is 5.75 Å². The van der Waals surface area contributed by atoms with Gasteiger partial charge in [-0.15, -0.1) is 0 Å². The van der Waals surface area contributed by atoms with E-state index in [-0.39, 0.29) is 11.4 Å². The first-order valence-corrected chi connectivity index (χ1v) is 7.88. The quantitative estimate of drug-likeness (QED) is 0.866. The van der Waals surface area contributed by atoms with Crippen LogP contribution in [0.15, 0.2) is 24.3 Å². The van der Waals surface area contributed by atoms with Crippen LogP contribution in [0.5, 0.6) is 5.75 Å². The van der Waals surface area contributed by atoms with Crippen LogP contribution in [-0.4, -0.2) is 31.1 Å². The molecule has 1 aromatic carbocycles. The maximum absolute atomic E-state index is 12.1. The molecule has 0 aromatic heterocycles. The number of carbonyl (C=O) groups is 1. The van der Waals surface area contributed by atoms with E-state index >= 15 is 0 Å². The van der Waals surface area contributed by atoms with Gasteiger partial charge in [-0.25, -0.2) is 4.79 Å². The lowest BCUT2D eigenvalue weighted by Gasteiger charge is -2.26. The Kier molecular flexibility index (Phi) is 6.72. The molecule has 0 spiro atoms. The third kappa shape index (κ3) is 6.83. The fourth-order valence-electron chi connectivity index (χ4n) is 2.14. The van der Waals surface area contributed by atoms with E-state index < -0.39 is 0 Å². The molecule has 1 N–H and O–H groups in total. The van der Waals surface area contributed by atoms with Crippen LogP contribution in [0.2, 0.25) is 0 Å². The first-order valence-electron chi connectivity index (χ1n) is 7.88. The van der Waals surface area contributed by atoms with Crippen molar-refractivity contribution in [3.05, 3.63) is 29.8 Å². The van der Waals surface area contributed by atoms with Gasteiger partial charge in [-0.05, 0) is 17.4 Å². The lowest BCUT2D eigenvalue weighted by Crippen LogP contribution is -2.41. The molecule has 0 saturated carbocycles. The minimum absolute atomic E-state index is 0.0615. The van der Waals surface area contributed by atoms with Gasteiger partial charge in [0.25, 0.3) is 0 Å². The molecule has 22 heavy (non-hydrogen) atoms. The molecule has 0 radical (unpaired) electrons. The fraction of sp³-hybridized carbons (Fsp3) is 0.611. The second-order valence-electron chi connectivity index (χ2n) is 7.39. The molecule has 0 heterocycles. The minimum atomic E-state index is -0.0615. The monoisotopic (exact) mass is 306 g/mol. The zero-order chi connectivity index (χ0) is 16.8. The number of benzene rings is 1. The third-order valence-electron chi connectivity index (χ3n) is 3.03. The van der Waals surface area contributed by atoms with Gasteiger partial charge in [0, 0.05) is 25.7 Å². The summed E-state index contributed by atoms with van der Waals surface area (Å²) in [6.45, 7) is 12.4. The number of amides is 2. The topological polar surface area (TPSA) is 41.6 Å². The predicted molar refractivity (Wildman–Crippen MR) is 91.1 cm³/mol. The number of hydrogen-bond donors (Lipinski definition) is 1. The second kappa shape index (κ2) is 8.06. The van der Waals surface area contributed by atoms with Crippen LogP contribution in [0.25, 0.3) is 0 Å². The van der Waals surface area contributed by atoms with Crippen LogP contribution in [0.3, 0.4) is 0 Å². The number of nitrogens with one attached hydrogen (secondary N) is 1. The third-order valence-corrected chi connectivity index (χ3v) is 3.03. The zero-order valence-electron chi connectivity index (χ0n) is 14.8. The van der Waals surface area contributed by atoms with Crippen molar-refractivity contribution < 1.29 is 9.53 Å². The highest BCUT2D eigenvalue weighted by molar-refractivity contribution is 5.74. The normalized spacial score (nSPS) is 11.4. The van der Waals surface area contributed by atoms with Gasteiger partial charge < -0.3 is 15.0 Å². The van der Waals surface area contributed by atoms with E-state index in [0.717, 1.165) is 11.3 Å². The van der Waals surface area contributed by atoms with Crippen molar-refractivity contribution in [2.24, 2.45) is 11.3 Å². The smallest absolute Gasteiger partial charge is 0.317 e. The summed E-state index contributed by atoms with van der Waals surface area (Å²) in [5, 5.41) is 2.96. The summed E-state index contributed by atoms with van der Waals surface area (Å²) in [5.74, 6) is 1.32. The van der Waals surface area contributed by atoms with Crippen LogP contribution in [0.1, 0.15) is 40.2 Å². The molecule has 4 nitrogen and oxygen atoms in total. The molecular formula is C18H30N2O2. The standard InChI is InChI=1S/C18H30N2O2/c1-14(2)12-22-16-10-8-7-9-15(16)11-19-17(21)20(6)13-18(3,4)5/h7-10,14H,11-13H2,1-6H3,(H,19,21). The average molecular weight is 306 g/mol. The summed E-state index contributed by atoms with van der Waals surface area (Å²) in [4.78, 5) is 13.9. The lowest BCUT2D eigenvalue weighted by atomic mass is 9.96. The Balaban J connectivity index is 2.58. The number of hydrogen-bond acceptors (Lipinski definition) is 2. The first kappa shape index (κ1) is 18.3. The highest BCUT2D eigenvalue weighted by atomic mass is 16.5. The molecule has 0 bridgehead atoms. The summed E-state index contributed by atoms with van der Waals surface area (Å²) >= 11 is 0.